The van der Waals surface area contributed by atoms with Gasteiger partial charge >= 0.3 is 45.9 Å². The Morgan fingerprint density at radius 3 is 1.29 bits per heavy atom. The van der Waals surface area contributed by atoms with E-state index in [1.54, 1.807) is 9.80 Å². The molecule has 4 heterocycles. The van der Waals surface area contributed by atoms with Crippen LogP contribution in [0.3, 0.4) is 0 Å². The molecule has 36 heteroatoms. The molecule has 4 fully saturated rings. The Labute approximate surface area is 534 Å². The highest BCUT2D eigenvalue weighted by Crippen LogP contribution is 2.45. The van der Waals surface area contributed by atoms with E-state index >= 15 is 0 Å². The van der Waals surface area contributed by atoms with Gasteiger partial charge in [0, 0.05) is 31.7 Å². The Balaban J connectivity index is 0.000000204. The SMILES string of the molecule is C1CCC(NC2CCCCC2)CC1.C[C@@H](O[C@H]1OCCN(CC2=NN(P(=O)(O)O)C(=O)C2)[C@H]1c1ccc(F)cc1)c1cc(C(F)(F)F)cc(C(F)(F)F)c1.C[C@@H](O[C@H]1OCCN(Cc2nn(P(=O)(O)O)c(=O)[nH]2)[C@H]1c1ccc(F)cc1)c1cc(C(F)(F)F)cc(C(F)(F)F)c1. The van der Waals surface area contributed by atoms with Crippen LogP contribution in [-0.2, 0) is 64.1 Å². The number of hydrogen-bond acceptors (Lipinski definition) is 13. The molecule has 1 aromatic heterocycles. The second-order valence-corrected chi connectivity index (χ2v) is 26.1. The van der Waals surface area contributed by atoms with Crippen molar-refractivity contribution in [1.82, 2.24) is 34.4 Å². The maximum absolute atomic E-state index is 13.7. The van der Waals surface area contributed by atoms with Crippen LogP contribution in [-0.4, -0.2) is 118 Å². The van der Waals surface area contributed by atoms with E-state index in [9.17, 15) is 99.8 Å². The number of hydrazone groups is 1. The number of halogens is 14. The molecule has 524 valence electrons. The first-order valence-electron chi connectivity index (χ1n) is 29.9. The molecule has 95 heavy (non-hydrogen) atoms. The van der Waals surface area contributed by atoms with Gasteiger partial charge in [-0.05, 0) is 122 Å². The van der Waals surface area contributed by atoms with Crippen LogP contribution in [0.25, 0.3) is 0 Å². The molecule has 4 aromatic carbocycles. The minimum atomic E-state index is -5.07. The first kappa shape index (κ1) is 74.8. The lowest BCUT2D eigenvalue weighted by molar-refractivity contribution is -0.231. The van der Waals surface area contributed by atoms with Crippen LogP contribution in [0, 0.1) is 11.6 Å². The summed E-state index contributed by atoms with van der Waals surface area (Å²) in [6.45, 7) is 2.28. The number of rotatable bonds is 16. The van der Waals surface area contributed by atoms with Gasteiger partial charge in [0.1, 0.15) is 17.5 Å². The van der Waals surface area contributed by atoms with Crippen molar-refractivity contribution in [3.8, 4) is 0 Å². The number of H-pyrrole nitrogens is 1. The van der Waals surface area contributed by atoms with Gasteiger partial charge in [-0.1, -0.05) is 62.8 Å². The largest absolute Gasteiger partial charge is 0.454 e. The lowest BCUT2D eigenvalue weighted by Crippen LogP contribution is -2.48. The molecule has 10 rings (SSSR count). The minimum absolute atomic E-state index is 0.000912. The summed E-state index contributed by atoms with van der Waals surface area (Å²) in [4.78, 5) is 66.7. The van der Waals surface area contributed by atoms with Gasteiger partial charge in [-0.2, -0.15) is 57.8 Å². The fraction of sp³-hybridized carbons (Fsp3) is 0.525. The fourth-order valence-corrected chi connectivity index (χ4v) is 12.8. The van der Waals surface area contributed by atoms with E-state index in [-0.39, 0.29) is 72.3 Å². The van der Waals surface area contributed by atoms with Gasteiger partial charge in [0.25, 0.3) is 5.91 Å². The number of aromatic nitrogens is 3. The molecular weight excluding hydrogens is 1340 g/mol. The summed E-state index contributed by atoms with van der Waals surface area (Å²) in [6.07, 6.45) is -11.5. The van der Waals surface area contributed by atoms with E-state index < -0.39 is 140 Å². The number of amides is 1. The van der Waals surface area contributed by atoms with E-state index in [0.29, 0.717) is 35.4 Å². The Morgan fingerprint density at radius 1 is 0.579 bits per heavy atom. The molecule has 2 saturated carbocycles. The molecule has 5 aromatic rings. The highest BCUT2D eigenvalue weighted by Gasteiger charge is 2.44. The van der Waals surface area contributed by atoms with Gasteiger partial charge < -0.3 is 43.8 Å². The highest BCUT2D eigenvalue weighted by atomic mass is 31.2. The standard InChI is InChI=1S/C24H23F7N3O6P.C23H22F7N4O6P.C12H23N/c1-13(15-8-16(23(26,27)28)10-17(9-15)24(29,30)31)40-22-21(14-2-4-18(25)5-3-14)33(6-7-39-22)12-19-11-20(35)34(32-19)41(36,37)38;1-12(14-8-15(22(25,26)27)10-16(9-14)23(28,29)30)40-20-19(13-2-4-17(24)5-3-13)33(6-7-39-20)11-18-31-21(35)34(32-18)41(36,37)38;1-3-7-11(8-4-1)13-12-9-5-2-6-10-12/h2-5,8-10,13,21-22H,6-7,11-12H2,1H3,(H2,36,37,38);2-5,8-10,12,19-20H,6-7,11H2,1H3,(H,31,32,35)(H2,36,37,38);11-13H,1-10H2/t13-,21+,22-;12-,19+,20-;/m11./s1. The van der Waals surface area contributed by atoms with Gasteiger partial charge in [0.15, 0.2) is 12.6 Å². The molecule has 0 unspecified atom stereocenters. The first-order chi connectivity index (χ1) is 44.3. The van der Waals surface area contributed by atoms with Crippen LogP contribution in [0.15, 0.2) is 94.8 Å². The highest BCUT2D eigenvalue weighted by molar-refractivity contribution is 7.50. The molecule has 0 bridgehead atoms. The third kappa shape index (κ3) is 20.5. The summed E-state index contributed by atoms with van der Waals surface area (Å²) < 4.78 is 234. The quantitative estimate of drug-likeness (QED) is 0.0397. The second-order valence-electron chi connectivity index (χ2n) is 23.3. The number of aromatic amines is 1. The summed E-state index contributed by atoms with van der Waals surface area (Å²) >= 11 is 0. The van der Waals surface area contributed by atoms with Crippen LogP contribution in [0.4, 0.5) is 61.5 Å². The monoisotopic (exact) mass is 1410 g/mol. The van der Waals surface area contributed by atoms with Crippen molar-refractivity contribution < 1.29 is 114 Å². The predicted molar refractivity (Wildman–Crippen MR) is 310 cm³/mol. The van der Waals surface area contributed by atoms with Gasteiger partial charge in [0.05, 0.1) is 78.4 Å². The Bertz CT molecular complexity index is 3510. The van der Waals surface area contributed by atoms with Crippen molar-refractivity contribution in [2.45, 2.75) is 165 Å². The summed E-state index contributed by atoms with van der Waals surface area (Å²) in [7, 11) is -10.1. The minimum Gasteiger partial charge on any atom is -0.349 e. The molecule has 0 spiro atoms. The third-order valence-electron chi connectivity index (χ3n) is 16.3. The van der Waals surface area contributed by atoms with Gasteiger partial charge in [-0.15, -0.1) is 14.3 Å². The van der Waals surface area contributed by atoms with Crippen LogP contribution in [0.5, 0.6) is 0 Å². The maximum Gasteiger partial charge on any atom is 0.454 e. The smallest absolute Gasteiger partial charge is 0.349 e. The number of nitrogens with one attached hydrogen (secondary N) is 2. The second kappa shape index (κ2) is 30.8. The predicted octanol–water partition coefficient (Wildman–Crippen LogP) is 12.6. The molecular formula is C59H68F14N8O12P2. The van der Waals surface area contributed by atoms with Crippen molar-refractivity contribution in [1.29, 1.82) is 0 Å². The summed E-state index contributed by atoms with van der Waals surface area (Å²) in [6, 6.07) is 11.9. The summed E-state index contributed by atoms with van der Waals surface area (Å²) in [5.74, 6) is -2.30. The van der Waals surface area contributed by atoms with Gasteiger partial charge in [-0.3, -0.25) is 19.6 Å². The number of morpholine rings is 2. The Kier molecular flexibility index (Phi) is 24.3. The van der Waals surface area contributed by atoms with Gasteiger partial charge in [0.2, 0.25) is 0 Å². The Hall–Kier alpha value is -6.00. The van der Waals surface area contributed by atoms with Crippen LogP contribution in [0.2, 0.25) is 0 Å². The van der Waals surface area contributed by atoms with Crippen LogP contribution in [0.1, 0.15) is 159 Å². The topological polar surface area (TPSA) is 254 Å². The number of benzene rings is 4. The molecule has 1 amide bonds. The van der Waals surface area contributed by atoms with E-state index in [1.807, 2.05) is 0 Å². The molecule has 0 radical (unpaired) electrons. The first-order valence-corrected chi connectivity index (χ1v) is 33.0. The van der Waals surface area contributed by atoms with E-state index in [2.05, 4.69) is 20.5 Å². The number of ether oxygens (including phenoxy) is 4. The van der Waals surface area contributed by atoms with Crippen molar-refractivity contribution >= 4 is 27.1 Å². The Morgan fingerprint density at radius 2 is 0.958 bits per heavy atom. The third-order valence-corrected chi connectivity index (χ3v) is 17.8. The number of nitrogens with zero attached hydrogens (tertiary/aromatic N) is 6. The lowest BCUT2D eigenvalue weighted by Gasteiger charge is -2.42. The molecule has 2 aliphatic carbocycles. The van der Waals surface area contributed by atoms with Crippen molar-refractivity contribution in [2.75, 3.05) is 32.8 Å². The number of hydrogen-bond donors (Lipinski definition) is 6. The van der Waals surface area contributed by atoms with E-state index in [4.69, 9.17) is 18.9 Å². The molecule has 20 nitrogen and oxygen atoms in total. The van der Waals surface area contributed by atoms with Crippen molar-refractivity contribution in [3.63, 3.8) is 0 Å². The summed E-state index contributed by atoms with van der Waals surface area (Å²) in [5, 5.41) is 11.2. The number of alkyl halides is 12. The zero-order valence-electron chi connectivity index (χ0n) is 50.6. The van der Waals surface area contributed by atoms with E-state index in [1.165, 1.54) is 102 Å². The molecule has 6 atom stereocenters. The molecule has 2 saturated heterocycles. The van der Waals surface area contributed by atoms with E-state index in [0.717, 1.165) is 36.3 Å². The molecule has 6 N–H and O–H groups in total. The average molecular weight is 1410 g/mol. The zero-order chi connectivity index (χ0) is 69.6. The molecule has 5 aliphatic rings. The van der Waals surface area contributed by atoms with Crippen molar-refractivity contribution in [2.24, 2.45) is 5.10 Å². The summed E-state index contributed by atoms with van der Waals surface area (Å²) in [5.41, 5.74) is -7.30. The van der Waals surface area contributed by atoms with Crippen molar-refractivity contribution in [3.05, 3.63) is 157 Å². The van der Waals surface area contributed by atoms with Crippen LogP contribution < -0.4 is 11.0 Å². The normalized spacial score (nSPS) is 21.7. The molecule has 3 aliphatic heterocycles. The number of carbonyl (C=O) groups is 1. The maximum atomic E-state index is 13.7. The zero-order valence-corrected chi connectivity index (χ0v) is 52.4. The van der Waals surface area contributed by atoms with Gasteiger partial charge in [-0.25, -0.2) is 22.7 Å². The average Bonchev–Trinajstić information content (AvgIpc) is 1.59. The van der Waals surface area contributed by atoms with Crippen LogP contribution >= 0.6 is 15.5 Å². The fourth-order valence-electron chi connectivity index (χ4n) is 11.7. The lowest BCUT2D eigenvalue weighted by atomic mass is 9.91. The number of carbonyl (C=O) groups excluding carboxylic acids is 1.